The number of piperidine rings is 2. The quantitative estimate of drug-likeness (QED) is 0.314. The van der Waals surface area contributed by atoms with E-state index in [-0.39, 0.29) is 58.8 Å². The van der Waals surface area contributed by atoms with Crippen LogP contribution in [0.2, 0.25) is 5.02 Å². The van der Waals surface area contributed by atoms with Crippen molar-refractivity contribution < 1.29 is 33.1 Å². The van der Waals surface area contributed by atoms with Crippen molar-refractivity contribution in [2.45, 2.75) is 82.0 Å². The van der Waals surface area contributed by atoms with E-state index in [2.05, 4.69) is 30.4 Å². The average molecular weight is 824 g/mol. The fraction of sp³-hybridized carbons (Fsp3) is 0.476. The minimum absolute atomic E-state index is 0.00570. The summed E-state index contributed by atoms with van der Waals surface area (Å²) in [5.41, 5.74) is 1.12. The largest absolute Gasteiger partial charge is 0.490 e. The first kappa shape index (κ1) is 38.8. The lowest BCUT2D eigenvalue weighted by atomic mass is 9.79. The van der Waals surface area contributed by atoms with Crippen LogP contribution in [0.3, 0.4) is 0 Å². The molecule has 2 aromatic carbocycles. The van der Waals surface area contributed by atoms with Crippen LogP contribution >= 0.6 is 11.6 Å². The molecule has 1 unspecified atom stereocenters. The SMILES string of the molecule is N#Cc1ccc(OC2CCC(NC(=O)c3cnc(N4CC5(CCN(C6CCN(c7cc8c(cc7F)C(=O)N(C7CCC(=O)NC7=O)C8=O)CC6)C5)C4)cn3)CC2)cc1Cl. The number of hydrogen-bond donors (Lipinski definition) is 2. The smallest absolute Gasteiger partial charge is 0.271 e. The highest BCUT2D eigenvalue weighted by atomic mass is 35.5. The summed E-state index contributed by atoms with van der Waals surface area (Å²) in [5.74, 6) is -1.98. The number of rotatable bonds is 8. The number of amides is 5. The Morgan fingerprint density at radius 2 is 1.66 bits per heavy atom. The second-order valence-electron chi connectivity index (χ2n) is 16.7. The van der Waals surface area contributed by atoms with Crippen molar-refractivity contribution in [3.05, 3.63) is 75.9 Å². The predicted octanol–water partition coefficient (Wildman–Crippen LogP) is 3.84. The topological polar surface area (TPSA) is 181 Å². The molecule has 5 aliphatic heterocycles. The number of hydrogen-bond acceptors (Lipinski definition) is 12. The summed E-state index contributed by atoms with van der Waals surface area (Å²) in [7, 11) is 0. The Morgan fingerprint density at radius 1 is 0.915 bits per heavy atom. The Bertz CT molecular complexity index is 2260. The molecule has 6 heterocycles. The van der Waals surface area contributed by atoms with E-state index in [4.69, 9.17) is 21.6 Å². The van der Waals surface area contributed by atoms with Crippen LogP contribution in [-0.4, -0.2) is 113 Å². The standard InChI is InChI=1S/C42H43ClFN9O6/c43-31-15-28(4-1-24(31)18-45)59-27-5-2-25(3-6-27)48-38(55)33-19-47-36(20-46-33)52-22-42(23-52)11-14-51(21-42)26-9-12-50(13-10-26)35-17-30-29(16-32(35)44)40(57)53(41(30)58)34-7-8-37(54)49-39(34)56/h1,4,15-17,19-20,25-27,34H,2-3,5-14,21-23H2,(H,48,55)(H,49,54,56). The van der Waals surface area contributed by atoms with Gasteiger partial charge in [-0.3, -0.25) is 39.1 Å². The van der Waals surface area contributed by atoms with Crippen LogP contribution in [0, 0.1) is 22.6 Å². The zero-order chi connectivity index (χ0) is 41.0. The molecule has 1 spiro atoms. The molecule has 4 saturated heterocycles. The van der Waals surface area contributed by atoms with Gasteiger partial charge >= 0.3 is 0 Å². The molecule has 1 atom stereocenters. The number of aromatic nitrogens is 2. The number of anilines is 2. The Morgan fingerprint density at radius 3 is 2.34 bits per heavy atom. The van der Waals surface area contributed by atoms with E-state index in [1.165, 1.54) is 6.07 Å². The normalized spacial score (nSPS) is 24.5. The number of likely N-dealkylation sites (tertiary alicyclic amines) is 1. The molecule has 6 aliphatic rings. The lowest BCUT2D eigenvalue weighted by Crippen LogP contribution is -2.58. The first-order chi connectivity index (χ1) is 28.5. The van der Waals surface area contributed by atoms with Gasteiger partial charge in [-0.25, -0.2) is 14.4 Å². The van der Waals surface area contributed by atoms with Gasteiger partial charge in [0.15, 0.2) is 0 Å². The van der Waals surface area contributed by atoms with Crippen LogP contribution in [0.15, 0.2) is 42.7 Å². The molecule has 1 saturated carbocycles. The van der Waals surface area contributed by atoms with Gasteiger partial charge in [0.1, 0.15) is 35.2 Å². The van der Waals surface area contributed by atoms with Crippen molar-refractivity contribution in [3.8, 4) is 11.8 Å². The van der Waals surface area contributed by atoms with Crippen molar-refractivity contribution in [1.29, 1.82) is 5.26 Å². The molecule has 5 amide bonds. The molecule has 306 valence electrons. The molecule has 1 aromatic heterocycles. The van der Waals surface area contributed by atoms with E-state index in [1.807, 2.05) is 11.0 Å². The zero-order valence-corrected chi connectivity index (χ0v) is 33.0. The van der Waals surface area contributed by atoms with Crippen LogP contribution in [0.25, 0.3) is 0 Å². The number of benzene rings is 2. The number of carbonyl (C=O) groups excluding carboxylic acids is 5. The Hall–Kier alpha value is -5.66. The van der Waals surface area contributed by atoms with Gasteiger partial charge in [-0.1, -0.05) is 11.6 Å². The molecular weight excluding hydrogens is 781 g/mol. The molecular formula is C42H43ClFN9O6. The second kappa shape index (κ2) is 15.5. The predicted molar refractivity (Wildman–Crippen MR) is 211 cm³/mol. The third-order valence-corrected chi connectivity index (χ3v) is 13.2. The lowest BCUT2D eigenvalue weighted by molar-refractivity contribution is -0.136. The number of ether oxygens (including phenoxy) is 1. The fourth-order valence-electron chi connectivity index (χ4n) is 9.70. The average Bonchev–Trinajstić information content (AvgIpc) is 3.77. The fourth-order valence-corrected chi connectivity index (χ4v) is 9.91. The van der Waals surface area contributed by atoms with Gasteiger partial charge in [0, 0.05) is 62.7 Å². The molecule has 9 rings (SSSR count). The minimum Gasteiger partial charge on any atom is -0.490 e. The summed E-state index contributed by atoms with van der Waals surface area (Å²) in [6.07, 6.45) is 9.07. The third-order valence-electron chi connectivity index (χ3n) is 12.9. The number of halogens is 2. The molecule has 0 bridgehead atoms. The summed E-state index contributed by atoms with van der Waals surface area (Å²) in [6, 6.07) is 8.90. The maximum Gasteiger partial charge on any atom is 0.271 e. The molecule has 0 radical (unpaired) electrons. The third kappa shape index (κ3) is 7.46. The number of imide groups is 2. The van der Waals surface area contributed by atoms with E-state index in [9.17, 15) is 24.0 Å². The van der Waals surface area contributed by atoms with Crippen LogP contribution in [-0.2, 0) is 9.59 Å². The molecule has 17 heteroatoms. The van der Waals surface area contributed by atoms with Gasteiger partial charge < -0.3 is 19.9 Å². The summed E-state index contributed by atoms with van der Waals surface area (Å²) in [4.78, 5) is 80.1. The summed E-state index contributed by atoms with van der Waals surface area (Å²) in [5, 5.41) is 14.7. The van der Waals surface area contributed by atoms with Crippen LogP contribution in [0.1, 0.15) is 94.6 Å². The van der Waals surface area contributed by atoms with Crippen LogP contribution < -0.4 is 25.2 Å². The van der Waals surface area contributed by atoms with Crippen molar-refractivity contribution in [2.24, 2.45) is 5.41 Å². The molecule has 59 heavy (non-hydrogen) atoms. The van der Waals surface area contributed by atoms with Crippen molar-refractivity contribution in [2.75, 3.05) is 49.1 Å². The maximum absolute atomic E-state index is 15.5. The van der Waals surface area contributed by atoms with E-state index >= 15 is 4.39 Å². The Balaban J connectivity index is 0.725. The second-order valence-corrected chi connectivity index (χ2v) is 17.1. The van der Waals surface area contributed by atoms with Crippen molar-refractivity contribution in [3.63, 3.8) is 0 Å². The Labute approximate surface area is 344 Å². The van der Waals surface area contributed by atoms with E-state index in [0.29, 0.717) is 35.5 Å². The Kier molecular flexibility index (Phi) is 10.2. The summed E-state index contributed by atoms with van der Waals surface area (Å²) >= 11 is 6.14. The van der Waals surface area contributed by atoms with Gasteiger partial charge in [0.2, 0.25) is 11.8 Å². The highest BCUT2D eigenvalue weighted by Crippen LogP contribution is 2.43. The monoisotopic (exact) mass is 823 g/mol. The number of carbonyl (C=O) groups is 5. The van der Waals surface area contributed by atoms with Gasteiger partial charge in [-0.15, -0.1) is 0 Å². The van der Waals surface area contributed by atoms with E-state index in [0.717, 1.165) is 87.9 Å². The maximum atomic E-state index is 15.5. The highest BCUT2D eigenvalue weighted by Gasteiger charge is 2.50. The van der Waals surface area contributed by atoms with Gasteiger partial charge in [0.05, 0.1) is 45.9 Å². The number of fused-ring (bicyclic) bond motifs is 1. The first-order valence-electron chi connectivity index (χ1n) is 20.3. The number of nitrogens with one attached hydrogen (secondary N) is 2. The zero-order valence-electron chi connectivity index (χ0n) is 32.3. The number of nitriles is 1. The molecule has 1 aliphatic carbocycles. The van der Waals surface area contributed by atoms with Crippen LogP contribution in [0.4, 0.5) is 15.9 Å². The molecule has 3 aromatic rings. The molecule has 15 nitrogen and oxygen atoms in total. The van der Waals surface area contributed by atoms with E-state index in [1.54, 1.807) is 30.6 Å². The van der Waals surface area contributed by atoms with E-state index < -0.39 is 35.5 Å². The van der Waals surface area contributed by atoms with Gasteiger partial charge in [-0.2, -0.15) is 5.26 Å². The first-order valence-corrected chi connectivity index (χ1v) is 20.6. The molecule has 5 fully saturated rings. The molecule has 2 N–H and O–H groups in total. The highest BCUT2D eigenvalue weighted by molar-refractivity contribution is 6.31. The van der Waals surface area contributed by atoms with Gasteiger partial charge in [-0.05, 0) is 82.2 Å². The van der Waals surface area contributed by atoms with Crippen LogP contribution in [0.5, 0.6) is 5.75 Å². The van der Waals surface area contributed by atoms with Crippen molar-refractivity contribution >= 4 is 52.6 Å². The van der Waals surface area contributed by atoms with Crippen molar-refractivity contribution in [1.82, 2.24) is 30.4 Å². The number of nitrogens with zero attached hydrogens (tertiary/aromatic N) is 7. The summed E-state index contributed by atoms with van der Waals surface area (Å²) < 4.78 is 21.6. The lowest BCUT2D eigenvalue weighted by Gasteiger charge is -2.49. The minimum atomic E-state index is -1.10. The van der Waals surface area contributed by atoms with Gasteiger partial charge in [0.25, 0.3) is 17.7 Å². The summed E-state index contributed by atoms with van der Waals surface area (Å²) in [6.45, 7) is 4.82.